The van der Waals surface area contributed by atoms with Gasteiger partial charge in [0.1, 0.15) is 12.1 Å². The summed E-state index contributed by atoms with van der Waals surface area (Å²) in [5.41, 5.74) is 1.33. The maximum Gasteiger partial charge on any atom is 0.131 e. The first-order valence-corrected chi connectivity index (χ1v) is 7.10. The van der Waals surface area contributed by atoms with Crippen LogP contribution >= 0.6 is 0 Å². The number of nitrogens with zero attached hydrogens (tertiary/aromatic N) is 4. The molecule has 2 heterocycles. The Bertz CT molecular complexity index is 529. The van der Waals surface area contributed by atoms with Gasteiger partial charge in [-0.05, 0) is 30.5 Å². The van der Waals surface area contributed by atoms with E-state index in [1.54, 1.807) is 12.5 Å². The predicted molar refractivity (Wildman–Crippen MR) is 82.1 cm³/mol. The lowest BCUT2D eigenvalue weighted by Gasteiger charge is -2.23. The largest absolute Gasteiger partial charge is 0.371 e. The summed E-state index contributed by atoms with van der Waals surface area (Å²) in [6.07, 6.45) is 4.64. The standard InChI is InChI=1S/C16H20N4/c1-19(16-7-9-17-13-18-16)11-14-8-10-20(12-14)15-5-3-2-4-6-15/h2-7,9,13-14H,8,10-12H2,1H3/t14-/m1/s1. The Morgan fingerprint density at radius 2 is 2.10 bits per heavy atom. The molecule has 1 saturated heterocycles. The fraction of sp³-hybridized carbons (Fsp3) is 0.375. The fourth-order valence-electron chi connectivity index (χ4n) is 2.85. The van der Waals surface area contributed by atoms with Gasteiger partial charge in [-0.2, -0.15) is 0 Å². The highest BCUT2D eigenvalue weighted by molar-refractivity contribution is 5.47. The minimum absolute atomic E-state index is 0.690. The molecule has 0 spiro atoms. The van der Waals surface area contributed by atoms with Gasteiger partial charge >= 0.3 is 0 Å². The zero-order chi connectivity index (χ0) is 13.8. The molecule has 0 unspecified atom stereocenters. The highest BCUT2D eigenvalue weighted by Crippen LogP contribution is 2.24. The second kappa shape index (κ2) is 5.90. The van der Waals surface area contributed by atoms with E-state index in [1.165, 1.54) is 12.1 Å². The molecule has 1 aliphatic rings. The Kier molecular flexibility index (Phi) is 3.81. The van der Waals surface area contributed by atoms with Crippen LogP contribution in [0.5, 0.6) is 0 Å². The summed E-state index contributed by atoms with van der Waals surface area (Å²) >= 11 is 0. The molecule has 1 aromatic heterocycles. The molecule has 0 aliphatic carbocycles. The number of aromatic nitrogens is 2. The molecule has 3 rings (SSSR count). The lowest BCUT2D eigenvalue weighted by molar-refractivity contribution is 0.581. The van der Waals surface area contributed by atoms with Gasteiger partial charge in [0.2, 0.25) is 0 Å². The molecule has 0 saturated carbocycles. The van der Waals surface area contributed by atoms with Crippen molar-refractivity contribution < 1.29 is 0 Å². The van der Waals surface area contributed by atoms with Crippen molar-refractivity contribution in [2.24, 2.45) is 5.92 Å². The molecule has 1 fully saturated rings. The maximum atomic E-state index is 4.30. The third kappa shape index (κ3) is 2.90. The summed E-state index contributed by atoms with van der Waals surface area (Å²) in [5.74, 6) is 1.69. The molecule has 0 amide bonds. The van der Waals surface area contributed by atoms with Crippen molar-refractivity contribution in [1.82, 2.24) is 9.97 Å². The van der Waals surface area contributed by atoms with Crippen molar-refractivity contribution in [3.05, 3.63) is 48.9 Å². The van der Waals surface area contributed by atoms with Crippen LogP contribution in [0.15, 0.2) is 48.9 Å². The number of anilines is 2. The topological polar surface area (TPSA) is 32.3 Å². The Morgan fingerprint density at radius 1 is 1.25 bits per heavy atom. The minimum Gasteiger partial charge on any atom is -0.371 e. The van der Waals surface area contributed by atoms with Crippen LogP contribution in [0.25, 0.3) is 0 Å². The predicted octanol–water partition coefficient (Wildman–Crippen LogP) is 2.44. The van der Waals surface area contributed by atoms with Crippen LogP contribution in [-0.2, 0) is 0 Å². The van der Waals surface area contributed by atoms with E-state index in [9.17, 15) is 0 Å². The van der Waals surface area contributed by atoms with Crippen molar-refractivity contribution in [2.45, 2.75) is 6.42 Å². The SMILES string of the molecule is CN(C[C@H]1CCN(c2ccccc2)C1)c1ccncn1. The average Bonchev–Trinajstić information content (AvgIpc) is 2.97. The van der Waals surface area contributed by atoms with E-state index in [4.69, 9.17) is 0 Å². The van der Waals surface area contributed by atoms with E-state index < -0.39 is 0 Å². The number of hydrogen-bond acceptors (Lipinski definition) is 4. The molecule has 20 heavy (non-hydrogen) atoms. The van der Waals surface area contributed by atoms with Gasteiger partial charge in [0.05, 0.1) is 0 Å². The van der Waals surface area contributed by atoms with Crippen LogP contribution in [0, 0.1) is 5.92 Å². The van der Waals surface area contributed by atoms with E-state index in [0.717, 1.165) is 25.5 Å². The van der Waals surface area contributed by atoms with Crippen LogP contribution < -0.4 is 9.80 Å². The molecule has 1 aromatic carbocycles. The Morgan fingerprint density at radius 3 is 2.85 bits per heavy atom. The van der Waals surface area contributed by atoms with E-state index in [0.29, 0.717) is 5.92 Å². The van der Waals surface area contributed by atoms with Crippen LogP contribution in [0.3, 0.4) is 0 Å². The maximum absolute atomic E-state index is 4.30. The molecular formula is C16H20N4. The van der Waals surface area contributed by atoms with Crippen molar-refractivity contribution >= 4 is 11.5 Å². The van der Waals surface area contributed by atoms with Gasteiger partial charge in [-0.3, -0.25) is 0 Å². The lowest BCUT2D eigenvalue weighted by Crippen LogP contribution is -2.28. The lowest BCUT2D eigenvalue weighted by atomic mass is 10.1. The minimum atomic E-state index is 0.690. The normalized spacial score (nSPS) is 18.2. The molecule has 0 radical (unpaired) electrons. The molecule has 1 atom stereocenters. The van der Waals surface area contributed by atoms with Gasteiger partial charge in [-0.15, -0.1) is 0 Å². The van der Waals surface area contributed by atoms with Crippen LogP contribution in [0.2, 0.25) is 0 Å². The van der Waals surface area contributed by atoms with Crippen molar-refractivity contribution in [3.8, 4) is 0 Å². The van der Waals surface area contributed by atoms with Crippen molar-refractivity contribution in [2.75, 3.05) is 36.5 Å². The fourth-order valence-corrected chi connectivity index (χ4v) is 2.85. The second-order valence-corrected chi connectivity index (χ2v) is 5.38. The summed E-state index contributed by atoms with van der Waals surface area (Å²) < 4.78 is 0. The molecule has 1 aliphatic heterocycles. The van der Waals surface area contributed by atoms with Crippen LogP contribution in [-0.4, -0.2) is 36.6 Å². The molecular weight excluding hydrogens is 248 g/mol. The highest BCUT2D eigenvalue weighted by atomic mass is 15.2. The number of benzene rings is 1. The summed E-state index contributed by atoms with van der Waals surface area (Å²) in [6.45, 7) is 3.31. The quantitative estimate of drug-likeness (QED) is 0.852. The third-order valence-electron chi connectivity index (χ3n) is 3.90. The first-order valence-electron chi connectivity index (χ1n) is 7.10. The molecule has 4 nitrogen and oxygen atoms in total. The van der Waals surface area contributed by atoms with Crippen LogP contribution in [0.1, 0.15) is 6.42 Å². The zero-order valence-corrected chi connectivity index (χ0v) is 11.8. The average molecular weight is 268 g/mol. The van der Waals surface area contributed by atoms with E-state index in [-0.39, 0.29) is 0 Å². The number of para-hydroxylation sites is 1. The first kappa shape index (κ1) is 12.9. The second-order valence-electron chi connectivity index (χ2n) is 5.38. The number of hydrogen-bond donors (Lipinski definition) is 0. The van der Waals surface area contributed by atoms with Gasteiger partial charge in [-0.25, -0.2) is 9.97 Å². The smallest absolute Gasteiger partial charge is 0.131 e. The third-order valence-corrected chi connectivity index (χ3v) is 3.90. The molecule has 2 aromatic rings. The Hall–Kier alpha value is -2.10. The first-order chi connectivity index (χ1) is 9.83. The summed E-state index contributed by atoms with van der Waals surface area (Å²) in [4.78, 5) is 13.0. The molecule has 0 N–H and O–H groups in total. The van der Waals surface area contributed by atoms with Gasteiger partial charge in [-0.1, -0.05) is 18.2 Å². The monoisotopic (exact) mass is 268 g/mol. The Balaban J connectivity index is 1.58. The van der Waals surface area contributed by atoms with Gasteiger partial charge < -0.3 is 9.80 Å². The van der Waals surface area contributed by atoms with E-state index >= 15 is 0 Å². The van der Waals surface area contributed by atoms with Gasteiger partial charge in [0, 0.05) is 38.6 Å². The highest BCUT2D eigenvalue weighted by Gasteiger charge is 2.23. The number of rotatable bonds is 4. The van der Waals surface area contributed by atoms with Crippen LogP contribution in [0.4, 0.5) is 11.5 Å². The summed E-state index contributed by atoms with van der Waals surface area (Å²) in [5, 5.41) is 0. The van der Waals surface area contributed by atoms with E-state index in [2.05, 4.69) is 57.1 Å². The summed E-state index contributed by atoms with van der Waals surface area (Å²) in [6, 6.07) is 12.6. The van der Waals surface area contributed by atoms with Gasteiger partial charge in [0.25, 0.3) is 0 Å². The molecule has 4 heteroatoms. The van der Waals surface area contributed by atoms with Crippen molar-refractivity contribution in [3.63, 3.8) is 0 Å². The van der Waals surface area contributed by atoms with Gasteiger partial charge in [0.15, 0.2) is 0 Å². The zero-order valence-electron chi connectivity index (χ0n) is 11.8. The molecule has 104 valence electrons. The van der Waals surface area contributed by atoms with Crippen molar-refractivity contribution in [1.29, 1.82) is 0 Å². The Labute approximate surface area is 120 Å². The molecule has 0 bridgehead atoms. The van der Waals surface area contributed by atoms with E-state index in [1.807, 2.05) is 6.07 Å². The summed E-state index contributed by atoms with van der Waals surface area (Å²) in [7, 11) is 2.10.